The van der Waals surface area contributed by atoms with E-state index in [1.165, 1.54) is 5.56 Å². The zero-order valence-electron chi connectivity index (χ0n) is 10.9. The Bertz CT molecular complexity index is 510. The first-order valence-electron chi connectivity index (χ1n) is 5.83. The highest BCUT2D eigenvalue weighted by molar-refractivity contribution is 5.36. The lowest BCUT2D eigenvalue weighted by Crippen LogP contribution is -2.16. The molecular formula is C13H17N5. The van der Waals surface area contributed by atoms with Crippen LogP contribution in [0, 0.1) is 6.92 Å². The molecule has 1 heterocycles. The van der Waals surface area contributed by atoms with E-state index in [-0.39, 0.29) is 0 Å². The number of aryl methyl sites for hydroxylation is 1. The number of hydrogen-bond acceptors (Lipinski definition) is 5. The molecule has 0 spiro atoms. The largest absolute Gasteiger partial charge is 0.350 e. The predicted molar refractivity (Wildman–Crippen MR) is 72.7 cm³/mol. The second-order valence-corrected chi connectivity index (χ2v) is 4.24. The van der Waals surface area contributed by atoms with Crippen molar-refractivity contribution in [1.29, 1.82) is 0 Å². The van der Waals surface area contributed by atoms with Gasteiger partial charge in [-0.3, -0.25) is 0 Å². The van der Waals surface area contributed by atoms with Crippen LogP contribution in [0.5, 0.6) is 0 Å². The molecule has 0 unspecified atom stereocenters. The molecule has 1 aromatic carbocycles. The van der Waals surface area contributed by atoms with E-state index in [9.17, 15) is 0 Å². The number of benzene rings is 1. The van der Waals surface area contributed by atoms with Crippen molar-refractivity contribution in [3.63, 3.8) is 0 Å². The van der Waals surface area contributed by atoms with Gasteiger partial charge in [-0.05, 0) is 12.5 Å². The highest BCUT2D eigenvalue weighted by Crippen LogP contribution is 2.09. The minimum Gasteiger partial charge on any atom is -0.350 e. The molecule has 1 aromatic heterocycles. The van der Waals surface area contributed by atoms with Crippen molar-refractivity contribution in [2.24, 2.45) is 0 Å². The van der Waals surface area contributed by atoms with Gasteiger partial charge in [-0.1, -0.05) is 30.3 Å². The maximum atomic E-state index is 4.34. The maximum absolute atomic E-state index is 4.34. The zero-order chi connectivity index (χ0) is 13.0. The van der Waals surface area contributed by atoms with Gasteiger partial charge in [-0.15, -0.1) is 0 Å². The van der Waals surface area contributed by atoms with Crippen molar-refractivity contribution in [2.75, 3.05) is 24.3 Å². The molecule has 5 heteroatoms. The number of aromatic nitrogens is 3. The number of anilines is 2. The molecule has 0 aliphatic heterocycles. The Morgan fingerprint density at radius 1 is 1.06 bits per heavy atom. The van der Waals surface area contributed by atoms with Crippen LogP contribution in [0.3, 0.4) is 0 Å². The van der Waals surface area contributed by atoms with Crippen LogP contribution < -0.4 is 10.2 Å². The fourth-order valence-electron chi connectivity index (χ4n) is 1.52. The van der Waals surface area contributed by atoms with Crippen LogP contribution in [-0.4, -0.2) is 29.0 Å². The van der Waals surface area contributed by atoms with Gasteiger partial charge in [0.15, 0.2) is 0 Å². The molecule has 2 rings (SSSR count). The molecule has 0 radical (unpaired) electrons. The molecule has 0 aliphatic carbocycles. The number of hydrogen-bond donors (Lipinski definition) is 1. The van der Waals surface area contributed by atoms with Crippen LogP contribution >= 0.6 is 0 Å². The van der Waals surface area contributed by atoms with Crippen LogP contribution in [0.25, 0.3) is 0 Å². The molecule has 18 heavy (non-hydrogen) atoms. The van der Waals surface area contributed by atoms with E-state index in [2.05, 4.69) is 32.4 Å². The van der Waals surface area contributed by atoms with E-state index >= 15 is 0 Å². The second kappa shape index (κ2) is 5.44. The third-order valence-electron chi connectivity index (χ3n) is 2.43. The van der Waals surface area contributed by atoms with Gasteiger partial charge in [0, 0.05) is 20.6 Å². The van der Waals surface area contributed by atoms with E-state index in [4.69, 9.17) is 0 Å². The number of nitrogens with zero attached hydrogens (tertiary/aromatic N) is 4. The lowest BCUT2D eigenvalue weighted by Gasteiger charge is -2.12. The van der Waals surface area contributed by atoms with Crippen molar-refractivity contribution in [3.05, 3.63) is 41.7 Å². The molecule has 0 bridgehead atoms. The van der Waals surface area contributed by atoms with Crippen LogP contribution in [-0.2, 0) is 6.54 Å². The molecule has 5 nitrogen and oxygen atoms in total. The standard InChI is InChI=1S/C13H17N5/c1-10-15-12(17-13(16-10)18(2)3)14-9-11-7-5-4-6-8-11/h4-8H,9H2,1-3H3,(H,14,15,16,17). The average Bonchev–Trinajstić information content (AvgIpc) is 2.37. The summed E-state index contributed by atoms with van der Waals surface area (Å²) in [5, 5.41) is 3.21. The molecule has 0 atom stereocenters. The van der Waals surface area contributed by atoms with Gasteiger partial charge < -0.3 is 10.2 Å². The number of nitrogens with one attached hydrogen (secondary N) is 1. The van der Waals surface area contributed by atoms with Gasteiger partial charge in [0.2, 0.25) is 11.9 Å². The lowest BCUT2D eigenvalue weighted by molar-refractivity contribution is 0.907. The summed E-state index contributed by atoms with van der Waals surface area (Å²) >= 11 is 0. The summed E-state index contributed by atoms with van der Waals surface area (Å²) in [6.45, 7) is 2.57. The monoisotopic (exact) mass is 243 g/mol. The minimum absolute atomic E-state index is 0.607. The first kappa shape index (κ1) is 12.3. The fourth-order valence-corrected chi connectivity index (χ4v) is 1.52. The van der Waals surface area contributed by atoms with E-state index < -0.39 is 0 Å². The summed E-state index contributed by atoms with van der Waals surface area (Å²) < 4.78 is 0. The van der Waals surface area contributed by atoms with Crippen LogP contribution in [0.15, 0.2) is 30.3 Å². The van der Waals surface area contributed by atoms with Crippen LogP contribution in [0.1, 0.15) is 11.4 Å². The predicted octanol–water partition coefficient (Wildman–Crippen LogP) is 1.86. The van der Waals surface area contributed by atoms with Crippen molar-refractivity contribution in [1.82, 2.24) is 15.0 Å². The summed E-state index contributed by atoms with van der Waals surface area (Å²) in [4.78, 5) is 14.7. The highest BCUT2D eigenvalue weighted by Gasteiger charge is 2.04. The molecule has 0 aliphatic rings. The summed E-state index contributed by atoms with van der Waals surface area (Å²) in [6, 6.07) is 10.2. The summed E-state index contributed by atoms with van der Waals surface area (Å²) in [5.74, 6) is 1.98. The van der Waals surface area contributed by atoms with Crippen molar-refractivity contribution >= 4 is 11.9 Å². The topological polar surface area (TPSA) is 53.9 Å². The molecule has 0 fully saturated rings. The third-order valence-corrected chi connectivity index (χ3v) is 2.43. The minimum atomic E-state index is 0.607. The molecular weight excluding hydrogens is 226 g/mol. The lowest BCUT2D eigenvalue weighted by atomic mass is 10.2. The van der Waals surface area contributed by atoms with Gasteiger partial charge in [0.25, 0.3) is 0 Å². The van der Waals surface area contributed by atoms with Gasteiger partial charge in [0.05, 0.1) is 0 Å². The summed E-state index contributed by atoms with van der Waals surface area (Å²) in [5.41, 5.74) is 1.20. The maximum Gasteiger partial charge on any atom is 0.229 e. The Morgan fingerprint density at radius 2 is 1.78 bits per heavy atom. The van der Waals surface area contributed by atoms with Crippen molar-refractivity contribution < 1.29 is 0 Å². The van der Waals surface area contributed by atoms with Gasteiger partial charge in [-0.2, -0.15) is 15.0 Å². The van der Waals surface area contributed by atoms with E-state index in [1.807, 2.05) is 44.1 Å². The SMILES string of the molecule is Cc1nc(NCc2ccccc2)nc(N(C)C)n1. The normalized spacial score (nSPS) is 10.2. The average molecular weight is 243 g/mol. The van der Waals surface area contributed by atoms with E-state index in [1.54, 1.807) is 0 Å². The first-order chi connectivity index (χ1) is 8.65. The molecule has 2 aromatic rings. The summed E-state index contributed by atoms with van der Waals surface area (Å²) in [6.07, 6.45) is 0. The van der Waals surface area contributed by atoms with E-state index in [0.29, 0.717) is 24.3 Å². The first-order valence-corrected chi connectivity index (χ1v) is 5.83. The Kier molecular flexibility index (Phi) is 3.72. The Balaban J connectivity index is 2.10. The molecule has 94 valence electrons. The Hall–Kier alpha value is -2.17. The fraction of sp³-hybridized carbons (Fsp3) is 0.308. The van der Waals surface area contributed by atoms with Crippen molar-refractivity contribution in [2.45, 2.75) is 13.5 Å². The third kappa shape index (κ3) is 3.16. The Morgan fingerprint density at radius 3 is 2.44 bits per heavy atom. The second-order valence-electron chi connectivity index (χ2n) is 4.24. The van der Waals surface area contributed by atoms with Gasteiger partial charge >= 0.3 is 0 Å². The van der Waals surface area contributed by atoms with Gasteiger partial charge in [0.1, 0.15) is 5.82 Å². The molecule has 1 N–H and O–H groups in total. The molecule has 0 saturated heterocycles. The quantitative estimate of drug-likeness (QED) is 0.888. The summed E-state index contributed by atoms with van der Waals surface area (Å²) in [7, 11) is 3.82. The molecule has 0 saturated carbocycles. The Labute approximate surface area is 107 Å². The van der Waals surface area contributed by atoms with Gasteiger partial charge in [-0.25, -0.2) is 0 Å². The smallest absolute Gasteiger partial charge is 0.229 e. The van der Waals surface area contributed by atoms with Crippen LogP contribution in [0.2, 0.25) is 0 Å². The van der Waals surface area contributed by atoms with Crippen molar-refractivity contribution in [3.8, 4) is 0 Å². The zero-order valence-corrected chi connectivity index (χ0v) is 10.9. The van der Waals surface area contributed by atoms with E-state index in [0.717, 1.165) is 0 Å². The molecule has 0 amide bonds. The number of rotatable bonds is 4. The van der Waals surface area contributed by atoms with Crippen LogP contribution in [0.4, 0.5) is 11.9 Å². The highest BCUT2D eigenvalue weighted by atomic mass is 15.3.